The van der Waals surface area contributed by atoms with Gasteiger partial charge in [0.15, 0.2) is 23.0 Å². The summed E-state index contributed by atoms with van der Waals surface area (Å²) in [5.74, 6) is 3.20. The summed E-state index contributed by atoms with van der Waals surface area (Å²) >= 11 is 0. The second kappa shape index (κ2) is 15.7. The zero-order chi connectivity index (χ0) is 33.2. The number of carbonyl (C=O) groups is 1. The molecular formula is C39H46N2O6. The van der Waals surface area contributed by atoms with Gasteiger partial charge in [-0.3, -0.25) is 0 Å². The van der Waals surface area contributed by atoms with Crippen molar-refractivity contribution in [2.75, 3.05) is 27.3 Å². The number of fused-ring (bicyclic) bond motifs is 2. The predicted molar refractivity (Wildman–Crippen MR) is 183 cm³/mol. The minimum Gasteiger partial charge on any atom is -0.493 e. The van der Waals surface area contributed by atoms with Gasteiger partial charge in [0.1, 0.15) is 18.8 Å². The summed E-state index contributed by atoms with van der Waals surface area (Å²) in [5.41, 5.74) is 6.52. The highest BCUT2D eigenvalue weighted by Gasteiger charge is 2.28. The Bertz CT molecular complexity index is 1620. The van der Waals surface area contributed by atoms with Crippen LogP contribution in [0.4, 0.5) is 4.79 Å². The Morgan fingerprint density at radius 1 is 0.723 bits per heavy atom. The number of benzene rings is 4. The third kappa shape index (κ3) is 8.98. The van der Waals surface area contributed by atoms with Crippen LogP contribution in [-0.4, -0.2) is 43.9 Å². The van der Waals surface area contributed by atoms with E-state index in [9.17, 15) is 4.79 Å². The summed E-state index contributed by atoms with van der Waals surface area (Å²) in [6, 6.07) is 28.3. The van der Waals surface area contributed by atoms with Gasteiger partial charge in [-0.05, 0) is 74.5 Å². The molecule has 0 radical (unpaired) electrons. The van der Waals surface area contributed by atoms with Gasteiger partial charge in [-0.15, -0.1) is 0 Å². The molecule has 0 saturated carbocycles. The molecule has 0 unspecified atom stereocenters. The number of methoxy groups -OCH3 is 2. The lowest BCUT2D eigenvalue weighted by atomic mass is 9.98. The lowest BCUT2D eigenvalue weighted by Crippen LogP contribution is -2.40. The highest BCUT2D eigenvalue weighted by molar-refractivity contribution is 5.69. The molecule has 0 atom stereocenters. The topological polar surface area (TPSA) is 78.5 Å². The maximum atomic E-state index is 12.4. The van der Waals surface area contributed by atoms with E-state index in [1.807, 2.05) is 87.5 Å². The number of ether oxygens (including phenoxy) is 5. The number of nitrogens with one attached hydrogen (secondary N) is 1. The molecule has 8 heteroatoms. The second-order valence-corrected chi connectivity index (χ2v) is 12.6. The Balaban J connectivity index is 0.000000193. The summed E-state index contributed by atoms with van der Waals surface area (Å²) in [4.78, 5) is 14.1. The average molecular weight is 639 g/mol. The Kier molecular flexibility index (Phi) is 11.3. The molecule has 1 N–H and O–H groups in total. The third-order valence-corrected chi connectivity index (χ3v) is 8.04. The largest absolute Gasteiger partial charge is 0.493 e. The first-order valence-corrected chi connectivity index (χ1v) is 16.1. The number of nitrogens with zero attached hydrogens (tertiary/aromatic N) is 1. The third-order valence-electron chi connectivity index (χ3n) is 8.04. The number of amides is 1. The minimum absolute atomic E-state index is 0.281. The lowest BCUT2D eigenvalue weighted by molar-refractivity contribution is 0.0223. The van der Waals surface area contributed by atoms with E-state index in [2.05, 4.69) is 23.5 Å². The van der Waals surface area contributed by atoms with Crippen molar-refractivity contribution in [1.82, 2.24) is 10.2 Å². The zero-order valence-corrected chi connectivity index (χ0v) is 28.1. The number of hydrogen-bond acceptors (Lipinski definition) is 7. The SMILES string of the molecule is COc1c(OCc2ccccc2)ccc2c1CCN(C(=O)OC(C)(C)C)C2.COc1c(OCc2ccccc2)ccc2c1CCNC2. The molecular weight excluding hydrogens is 592 g/mol. The number of rotatable bonds is 8. The molecule has 47 heavy (non-hydrogen) atoms. The molecule has 0 aromatic heterocycles. The van der Waals surface area contributed by atoms with Crippen molar-refractivity contribution in [3.05, 3.63) is 118 Å². The molecule has 4 aromatic carbocycles. The van der Waals surface area contributed by atoms with Gasteiger partial charge in [0.25, 0.3) is 0 Å². The summed E-state index contributed by atoms with van der Waals surface area (Å²) in [5, 5.41) is 3.37. The van der Waals surface area contributed by atoms with E-state index in [0.717, 1.165) is 64.8 Å². The van der Waals surface area contributed by atoms with E-state index < -0.39 is 5.60 Å². The van der Waals surface area contributed by atoms with Crippen LogP contribution in [-0.2, 0) is 43.9 Å². The normalized spacial score (nSPS) is 13.7. The Labute approximate surface area is 278 Å². The van der Waals surface area contributed by atoms with Crippen molar-refractivity contribution < 1.29 is 28.5 Å². The minimum atomic E-state index is -0.496. The maximum absolute atomic E-state index is 12.4. The molecule has 0 fully saturated rings. The zero-order valence-electron chi connectivity index (χ0n) is 28.1. The second-order valence-electron chi connectivity index (χ2n) is 12.6. The molecule has 248 valence electrons. The van der Waals surface area contributed by atoms with Crippen molar-refractivity contribution >= 4 is 6.09 Å². The van der Waals surface area contributed by atoms with Gasteiger partial charge in [0.2, 0.25) is 0 Å². The van der Waals surface area contributed by atoms with Gasteiger partial charge in [-0.1, -0.05) is 72.8 Å². The van der Waals surface area contributed by atoms with Crippen LogP contribution in [0.1, 0.15) is 54.2 Å². The molecule has 2 aliphatic heterocycles. The van der Waals surface area contributed by atoms with Gasteiger partial charge in [0.05, 0.1) is 14.2 Å². The molecule has 2 heterocycles. The first-order valence-electron chi connectivity index (χ1n) is 16.1. The highest BCUT2D eigenvalue weighted by atomic mass is 16.6. The fraction of sp³-hybridized carbons (Fsp3) is 0.359. The van der Waals surface area contributed by atoms with E-state index in [0.29, 0.717) is 32.7 Å². The first kappa shape index (κ1) is 33.7. The van der Waals surface area contributed by atoms with Crippen LogP contribution in [0.15, 0.2) is 84.9 Å². The van der Waals surface area contributed by atoms with E-state index in [-0.39, 0.29) is 6.09 Å². The van der Waals surface area contributed by atoms with Gasteiger partial charge < -0.3 is 33.9 Å². The Morgan fingerprint density at radius 2 is 1.26 bits per heavy atom. The van der Waals surface area contributed by atoms with Crippen molar-refractivity contribution in [2.24, 2.45) is 0 Å². The van der Waals surface area contributed by atoms with Crippen LogP contribution < -0.4 is 24.3 Å². The lowest BCUT2D eigenvalue weighted by Gasteiger charge is -2.32. The smallest absolute Gasteiger partial charge is 0.410 e. The van der Waals surface area contributed by atoms with Crippen LogP contribution in [0.3, 0.4) is 0 Å². The summed E-state index contributed by atoms with van der Waals surface area (Å²) < 4.78 is 28.6. The van der Waals surface area contributed by atoms with E-state index in [1.54, 1.807) is 19.1 Å². The molecule has 0 aliphatic carbocycles. The van der Waals surface area contributed by atoms with Crippen molar-refractivity contribution in [2.45, 2.75) is 65.5 Å². The maximum Gasteiger partial charge on any atom is 0.410 e. The Morgan fingerprint density at radius 3 is 1.79 bits per heavy atom. The van der Waals surface area contributed by atoms with E-state index >= 15 is 0 Å². The fourth-order valence-electron chi connectivity index (χ4n) is 5.75. The molecule has 0 bridgehead atoms. The predicted octanol–water partition coefficient (Wildman–Crippen LogP) is 7.49. The average Bonchev–Trinajstić information content (AvgIpc) is 3.09. The molecule has 0 saturated heterocycles. The molecule has 0 spiro atoms. The summed E-state index contributed by atoms with van der Waals surface area (Å²) in [6.45, 7) is 9.69. The monoisotopic (exact) mass is 638 g/mol. The molecule has 6 rings (SSSR count). The number of carbonyl (C=O) groups excluding carboxylic acids is 1. The quantitative estimate of drug-likeness (QED) is 0.214. The van der Waals surface area contributed by atoms with Crippen LogP contribution >= 0.6 is 0 Å². The van der Waals surface area contributed by atoms with E-state index in [1.165, 1.54) is 11.1 Å². The van der Waals surface area contributed by atoms with Gasteiger partial charge in [-0.2, -0.15) is 0 Å². The highest BCUT2D eigenvalue weighted by Crippen LogP contribution is 2.38. The fourth-order valence-corrected chi connectivity index (χ4v) is 5.75. The van der Waals surface area contributed by atoms with Crippen molar-refractivity contribution in [3.8, 4) is 23.0 Å². The van der Waals surface area contributed by atoms with E-state index in [4.69, 9.17) is 23.7 Å². The van der Waals surface area contributed by atoms with Gasteiger partial charge in [0, 0.05) is 30.8 Å². The molecule has 8 nitrogen and oxygen atoms in total. The van der Waals surface area contributed by atoms with Gasteiger partial charge >= 0.3 is 6.09 Å². The molecule has 4 aromatic rings. The summed E-state index contributed by atoms with van der Waals surface area (Å²) in [7, 11) is 3.37. The Hall–Kier alpha value is -4.69. The van der Waals surface area contributed by atoms with Gasteiger partial charge in [-0.25, -0.2) is 4.79 Å². The molecule has 1 amide bonds. The standard InChI is InChI=1S/C22H27NO4.C17H19NO2/c1-22(2,3)27-21(24)23-13-12-18-17(14-23)10-11-19(20(18)25-4)26-15-16-8-6-5-7-9-16;1-19-17-15-9-10-18-11-14(15)7-8-16(17)20-12-13-5-3-2-4-6-13/h5-11H,12-15H2,1-4H3;2-8,18H,9-12H2,1H3. The van der Waals surface area contributed by atoms with Crippen LogP contribution in [0.25, 0.3) is 0 Å². The van der Waals surface area contributed by atoms with Crippen LogP contribution in [0, 0.1) is 0 Å². The van der Waals surface area contributed by atoms with Crippen LogP contribution in [0.5, 0.6) is 23.0 Å². The van der Waals surface area contributed by atoms with Crippen LogP contribution in [0.2, 0.25) is 0 Å². The van der Waals surface area contributed by atoms with Crippen molar-refractivity contribution in [3.63, 3.8) is 0 Å². The first-order chi connectivity index (χ1) is 22.8. The number of hydrogen-bond donors (Lipinski definition) is 1. The van der Waals surface area contributed by atoms with Crippen molar-refractivity contribution in [1.29, 1.82) is 0 Å². The summed E-state index contributed by atoms with van der Waals surface area (Å²) in [6.07, 6.45) is 1.41. The molecule has 2 aliphatic rings.